The third kappa shape index (κ3) is 3.55. The number of halogens is 3. The van der Waals surface area contributed by atoms with Crippen molar-refractivity contribution in [3.05, 3.63) is 23.8 Å². The molecule has 1 aliphatic heterocycles. The Hall–Kier alpha value is -1.47. The molecule has 1 fully saturated rings. The van der Waals surface area contributed by atoms with Crippen LogP contribution >= 0.6 is 0 Å². The molecule has 2 rings (SSSR count). The Morgan fingerprint density at radius 2 is 1.75 bits per heavy atom. The molecule has 20 heavy (non-hydrogen) atoms. The fourth-order valence-electron chi connectivity index (χ4n) is 1.91. The van der Waals surface area contributed by atoms with Crippen LogP contribution in [0.3, 0.4) is 0 Å². The summed E-state index contributed by atoms with van der Waals surface area (Å²) < 4.78 is 56.7. The molecule has 1 aromatic carbocycles. The summed E-state index contributed by atoms with van der Waals surface area (Å²) in [7, 11) is 3.00. The molecule has 0 spiro atoms. The molecule has 0 saturated carbocycles. The van der Waals surface area contributed by atoms with Crippen molar-refractivity contribution < 1.29 is 32.1 Å². The van der Waals surface area contributed by atoms with Crippen LogP contribution in [0.1, 0.15) is 11.7 Å². The molecular formula is C13H15F3O4. The van der Waals surface area contributed by atoms with Crippen LogP contribution in [-0.2, 0) is 9.47 Å². The fraction of sp³-hybridized carbons (Fsp3) is 0.538. The lowest BCUT2D eigenvalue weighted by atomic mass is 10.00. The van der Waals surface area contributed by atoms with E-state index >= 15 is 0 Å². The molecule has 112 valence electrons. The zero-order valence-electron chi connectivity index (χ0n) is 11.1. The van der Waals surface area contributed by atoms with Gasteiger partial charge in [0.25, 0.3) is 0 Å². The largest absolute Gasteiger partial charge is 0.497 e. The second-order valence-corrected chi connectivity index (χ2v) is 4.36. The van der Waals surface area contributed by atoms with E-state index in [1.165, 1.54) is 14.2 Å². The monoisotopic (exact) mass is 292 g/mol. The summed E-state index contributed by atoms with van der Waals surface area (Å²) in [5.41, 5.74) is 0.666. The highest BCUT2D eigenvalue weighted by molar-refractivity contribution is 5.40. The Morgan fingerprint density at radius 1 is 1.15 bits per heavy atom. The minimum atomic E-state index is -4.34. The Labute approximate surface area is 114 Å². The Morgan fingerprint density at radius 3 is 2.15 bits per heavy atom. The standard InChI is InChI=1S/C13H15F3O4/c1-17-9-3-8(4-10(5-9)18-2)12-11(6-19-12)20-7-13(14,15)16/h3-5,11-12H,6-7H2,1-2H3. The first-order chi connectivity index (χ1) is 9.43. The molecule has 1 heterocycles. The Kier molecular flexibility index (Phi) is 4.39. The number of alkyl halides is 3. The second-order valence-electron chi connectivity index (χ2n) is 4.36. The zero-order chi connectivity index (χ0) is 14.8. The molecule has 7 heteroatoms. The van der Waals surface area contributed by atoms with Gasteiger partial charge in [-0.2, -0.15) is 13.2 Å². The zero-order valence-corrected chi connectivity index (χ0v) is 11.1. The number of methoxy groups -OCH3 is 2. The second kappa shape index (κ2) is 5.88. The van der Waals surface area contributed by atoms with Gasteiger partial charge >= 0.3 is 6.18 Å². The first-order valence-corrected chi connectivity index (χ1v) is 5.96. The van der Waals surface area contributed by atoms with E-state index in [4.69, 9.17) is 18.9 Å². The third-order valence-corrected chi connectivity index (χ3v) is 2.94. The maximum Gasteiger partial charge on any atom is 0.411 e. The van der Waals surface area contributed by atoms with E-state index in [-0.39, 0.29) is 6.61 Å². The molecule has 0 amide bonds. The van der Waals surface area contributed by atoms with Crippen LogP contribution in [0.2, 0.25) is 0 Å². The van der Waals surface area contributed by atoms with Crippen molar-refractivity contribution in [2.45, 2.75) is 18.4 Å². The maximum atomic E-state index is 12.1. The average molecular weight is 292 g/mol. The summed E-state index contributed by atoms with van der Waals surface area (Å²) in [6.07, 6.45) is -5.50. The number of hydrogen-bond donors (Lipinski definition) is 0. The molecule has 1 saturated heterocycles. The normalized spacial score (nSPS) is 22.2. The van der Waals surface area contributed by atoms with Crippen LogP contribution in [-0.4, -0.2) is 39.7 Å². The van der Waals surface area contributed by atoms with Crippen LogP contribution in [0.4, 0.5) is 13.2 Å². The van der Waals surface area contributed by atoms with Gasteiger partial charge in [0.1, 0.15) is 30.3 Å². The maximum absolute atomic E-state index is 12.1. The van der Waals surface area contributed by atoms with Gasteiger partial charge in [-0.25, -0.2) is 0 Å². The van der Waals surface area contributed by atoms with Crippen molar-refractivity contribution in [2.24, 2.45) is 0 Å². The van der Waals surface area contributed by atoms with E-state index in [0.29, 0.717) is 17.1 Å². The molecule has 2 atom stereocenters. The van der Waals surface area contributed by atoms with Gasteiger partial charge in [0.05, 0.1) is 20.8 Å². The van der Waals surface area contributed by atoms with Crippen molar-refractivity contribution in [3.8, 4) is 11.5 Å². The summed E-state index contributed by atoms with van der Waals surface area (Å²) in [5, 5.41) is 0. The van der Waals surface area contributed by atoms with Crippen molar-refractivity contribution in [1.29, 1.82) is 0 Å². The number of hydrogen-bond acceptors (Lipinski definition) is 4. The molecule has 0 N–H and O–H groups in total. The predicted molar refractivity (Wildman–Crippen MR) is 64.0 cm³/mol. The topological polar surface area (TPSA) is 36.9 Å². The van der Waals surface area contributed by atoms with Gasteiger partial charge in [-0.05, 0) is 17.7 Å². The average Bonchev–Trinajstić information content (AvgIpc) is 2.35. The summed E-state index contributed by atoms with van der Waals surface area (Å²) in [6, 6.07) is 5.06. The molecule has 0 aliphatic carbocycles. The van der Waals surface area contributed by atoms with Crippen LogP contribution in [0.5, 0.6) is 11.5 Å². The van der Waals surface area contributed by atoms with Gasteiger partial charge in [0.2, 0.25) is 0 Å². The van der Waals surface area contributed by atoms with E-state index in [1.54, 1.807) is 18.2 Å². The van der Waals surface area contributed by atoms with Gasteiger partial charge in [-0.15, -0.1) is 0 Å². The Balaban J connectivity index is 2.07. The summed E-state index contributed by atoms with van der Waals surface area (Å²) in [6.45, 7) is -1.14. The van der Waals surface area contributed by atoms with Crippen LogP contribution in [0, 0.1) is 0 Å². The fourth-order valence-corrected chi connectivity index (χ4v) is 1.91. The van der Waals surface area contributed by atoms with Gasteiger partial charge in [-0.1, -0.05) is 0 Å². The first-order valence-electron chi connectivity index (χ1n) is 5.96. The minimum Gasteiger partial charge on any atom is -0.497 e. The highest BCUT2D eigenvalue weighted by Gasteiger charge is 2.38. The van der Waals surface area contributed by atoms with Gasteiger partial charge in [0.15, 0.2) is 0 Å². The van der Waals surface area contributed by atoms with Crippen molar-refractivity contribution >= 4 is 0 Å². The molecule has 0 radical (unpaired) electrons. The molecule has 0 bridgehead atoms. The lowest BCUT2D eigenvalue weighted by molar-refractivity contribution is -0.243. The summed E-state index contributed by atoms with van der Waals surface area (Å²) >= 11 is 0. The third-order valence-electron chi connectivity index (χ3n) is 2.94. The minimum absolute atomic E-state index is 0.139. The van der Waals surface area contributed by atoms with Crippen LogP contribution in [0.15, 0.2) is 18.2 Å². The number of benzene rings is 1. The van der Waals surface area contributed by atoms with Crippen LogP contribution < -0.4 is 9.47 Å². The van der Waals surface area contributed by atoms with Gasteiger partial charge < -0.3 is 18.9 Å². The van der Waals surface area contributed by atoms with Gasteiger partial charge in [0, 0.05) is 6.07 Å². The van der Waals surface area contributed by atoms with E-state index in [2.05, 4.69) is 0 Å². The number of rotatable bonds is 5. The lowest BCUT2D eigenvalue weighted by Gasteiger charge is -2.37. The van der Waals surface area contributed by atoms with Crippen molar-refractivity contribution in [2.75, 3.05) is 27.4 Å². The summed E-state index contributed by atoms with van der Waals surface area (Å²) in [5.74, 6) is 1.09. The Bertz CT molecular complexity index is 439. The lowest BCUT2D eigenvalue weighted by Crippen LogP contribution is -2.41. The summed E-state index contributed by atoms with van der Waals surface area (Å²) in [4.78, 5) is 0. The van der Waals surface area contributed by atoms with E-state index in [0.717, 1.165) is 0 Å². The molecular weight excluding hydrogens is 277 g/mol. The van der Waals surface area contributed by atoms with E-state index in [1.807, 2.05) is 0 Å². The van der Waals surface area contributed by atoms with E-state index in [9.17, 15) is 13.2 Å². The molecule has 0 aromatic heterocycles. The molecule has 1 aromatic rings. The van der Waals surface area contributed by atoms with Crippen molar-refractivity contribution in [1.82, 2.24) is 0 Å². The molecule has 4 nitrogen and oxygen atoms in total. The van der Waals surface area contributed by atoms with Crippen molar-refractivity contribution in [3.63, 3.8) is 0 Å². The SMILES string of the molecule is COc1cc(OC)cc(C2OCC2OCC(F)(F)F)c1. The predicted octanol–water partition coefficient (Wildman–Crippen LogP) is 2.72. The molecule has 2 unspecified atom stereocenters. The van der Waals surface area contributed by atoms with Crippen LogP contribution in [0.25, 0.3) is 0 Å². The highest BCUT2D eigenvalue weighted by atomic mass is 19.4. The first kappa shape index (κ1) is 14.9. The van der Waals surface area contributed by atoms with E-state index < -0.39 is 25.0 Å². The van der Waals surface area contributed by atoms with Gasteiger partial charge in [-0.3, -0.25) is 0 Å². The highest BCUT2D eigenvalue weighted by Crippen LogP contribution is 2.37. The quantitative estimate of drug-likeness (QED) is 0.836. The number of ether oxygens (including phenoxy) is 4. The molecule has 1 aliphatic rings. The smallest absolute Gasteiger partial charge is 0.411 e.